The molecule has 0 bridgehead atoms. The van der Waals surface area contributed by atoms with E-state index in [-0.39, 0.29) is 11.2 Å². The highest BCUT2D eigenvalue weighted by atomic mass is 35.5. The summed E-state index contributed by atoms with van der Waals surface area (Å²) >= 11 is 7.43. The van der Waals surface area contributed by atoms with Crippen molar-refractivity contribution in [3.63, 3.8) is 0 Å². The van der Waals surface area contributed by atoms with E-state index in [2.05, 4.69) is 15.5 Å². The number of carbonyl (C=O) groups excluding carboxylic acids is 1. The van der Waals surface area contributed by atoms with E-state index in [4.69, 9.17) is 16.3 Å². The summed E-state index contributed by atoms with van der Waals surface area (Å²) in [7, 11) is 1.63. The van der Waals surface area contributed by atoms with E-state index in [1.807, 2.05) is 42.5 Å². The molecule has 1 fully saturated rings. The maximum atomic E-state index is 12.1. The van der Waals surface area contributed by atoms with E-state index in [9.17, 15) is 4.79 Å². The third-order valence-electron chi connectivity index (χ3n) is 3.61. The fraction of sp³-hybridized carbons (Fsp3) is 0.167. The molecule has 1 saturated heterocycles. The first-order chi connectivity index (χ1) is 12.2. The minimum atomic E-state index is -0.220. The first kappa shape index (κ1) is 17.5. The van der Waals surface area contributed by atoms with Gasteiger partial charge in [-0.1, -0.05) is 53.7 Å². The zero-order valence-electron chi connectivity index (χ0n) is 13.5. The Morgan fingerprint density at radius 2 is 2.00 bits per heavy atom. The summed E-state index contributed by atoms with van der Waals surface area (Å²) in [6.07, 6.45) is 2.19. The molecule has 0 unspecified atom stereocenters. The lowest BCUT2D eigenvalue weighted by Gasteiger charge is -2.06. The van der Waals surface area contributed by atoms with Crippen molar-refractivity contribution >= 4 is 40.7 Å². The third kappa shape index (κ3) is 4.61. The molecule has 1 N–H and O–H groups in total. The Labute approximate surface area is 155 Å². The van der Waals surface area contributed by atoms with E-state index in [0.717, 1.165) is 16.9 Å². The van der Waals surface area contributed by atoms with Gasteiger partial charge in [0.2, 0.25) is 5.91 Å². The number of ether oxygens (including phenoxy) is 1. The van der Waals surface area contributed by atoms with Crippen molar-refractivity contribution in [2.45, 2.75) is 11.7 Å². The molecule has 128 valence electrons. The summed E-state index contributed by atoms with van der Waals surface area (Å²) in [5.41, 5.74) is 1.84. The Morgan fingerprint density at radius 1 is 1.24 bits per heavy atom. The second kappa shape index (κ2) is 8.18. The maximum absolute atomic E-state index is 12.1. The summed E-state index contributed by atoms with van der Waals surface area (Å²) in [6, 6.07) is 15.0. The second-order valence-electron chi connectivity index (χ2n) is 5.32. The summed E-state index contributed by atoms with van der Waals surface area (Å²) in [4.78, 5) is 12.1. The van der Waals surface area contributed by atoms with Gasteiger partial charge in [0, 0.05) is 10.6 Å². The van der Waals surface area contributed by atoms with Crippen LogP contribution in [0.5, 0.6) is 5.75 Å². The van der Waals surface area contributed by atoms with Crippen LogP contribution >= 0.6 is 23.4 Å². The molecule has 1 aliphatic heterocycles. The monoisotopic (exact) mass is 373 g/mol. The Balaban J connectivity index is 1.62. The van der Waals surface area contributed by atoms with Gasteiger partial charge in [-0.3, -0.25) is 4.79 Å². The second-order valence-corrected chi connectivity index (χ2v) is 6.92. The molecule has 1 aliphatic rings. The molecule has 3 rings (SSSR count). The minimum Gasteiger partial charge on any atom is -0.497 e. The highest BCUT2D eigenvalue weighted by Crippen LogP contribution is 2.24. The number of benzene rings is 2. The number of methoxy groups -OCH3 is 1. The molecule has 1 heterocycles. The smallest absolute Gasteiger partial charge is 0.239 e. The topological polar surface area (TPSA) is 63.1 Å². The van der Waals surface area contributed by atoms with Crippen LogP contribution in [0.1, 0.15) is 11.1 Å². The van der Waals surface area contributed by atoms with Gasteiger partial charge in [-0.2, -0.15) is 5.10 Å². The number of nitrogens with zero attached hydrogens (tertiary/aromatic N) is 2. The van der Waals surface area contributed by atoms with Crippen LogP contribution in [0.15, 0.2) is 58.7 Å². The van der Waals surface area contributed by atoms with Crippen LogP contribution in [-0.4, -0.2) is 29.6 Å². The van der Waals surface area contributed by atoms with Gasteiger partial charge in [0.05, 0.1) is 18.6 Å². The van der Waals surface area contributed by atoms with Crippen LogP contribution in [0.25, 0.3) is 0 Å². The summed E-state index contributed by atoms with van der Waals surface area (Å²) in [5.74, 6) is 0.732. The number of nitrogens with one attached hydrogen (secondary N) is 1. The molecule has 5 nitrogen and oxygen atoms in total. The number of carbonyl (C=O) groups is 1. The van der Waals surface area contributed by atoms with Crippen molar-refractivity contribution in [2.24, 2.45) is 10.2 Å². The molecule has 0 aliphatic carbocycles. The fourth-order valence-corrected chi connectivity index (χ4v) is 3.44. The SMILES string of the molecule is COc1ccc(C[C@H]2S/C(=N\N=C/c3ccccc3Cl)NC2=O)cc1. The normalized spacial score (nSPS) is 18.7. The van der Waals surface area contributed by atoms with Crippen molar-refractivity contribution in [3.05, 3.63) is 64.7 Å². The molecule has 1 amide bonds. The number of halogens is 1. The number of thioether (sulfide) groups is 1. The number of rotatable bonds is 5. The quantitative estimate of drug-likeness (QED) is 0.644. The molecular formula is C18H16ClN3O2S. The predicted molar refractivity (Wildman–Crippen MR) is 103 cm³/mol. The van der Waals surface area contributed by atoms with Crippen molar-refractivity contribution in [2.75, 3.05) is 7.11 Å². The fourth-order valence-electron chi connectivity index (χ4n) is 2.29. The molecule has 25 heavy (non-hydrogen) atoms. The summed E-state index contributed by atoms with van der Waals surface area (Å²) in [6.45, 7) is 0. The molecule has 0 saturated carbocycles. The lowest BCUT2D eigenvalue weighted by atomic mass is 10.1. The zero-order chi connectivity index (χ0) is 17.6. The molecule has 2 aromatic rings. The number of amidine groups is 1. The molecule has 0 spiro atoms. The average Bonchev–Trinajstić information content (AvgIpc) is 2.97. The van der Waals surface area contributed by atoms with Crippen molar-refractivity contribution < 1.29 is 9.53 Å². The van der Waals surface area contributed by atoms with Crippen molar-refractivity contribution in [3.8, 4) is 5.75 Å². The van der Waals surface area contributed by atoms with Gasteiger partial charge >= 0.3 is 0 Å². The Hall–Kier alpha value is -2.31. The lowest BCUT2D eigenvalue weighted by molar-refractivity contribution is -0.118. The van der Waals surface area contributed by atoms with Crippen LogP contribution < -0.4 is 10.1 Å². The van der Waals surface area contributed by atoms with E-state index < -0.39 is 0 Å². The number of hydrogen-bond acceptors (Lipinski definition) is 5. The summed E-state index contributed by atoms with van der Waals surface area (Å²) in [5, 5.41) is 11.7. The van der Waals surface area contributed by atoms with Crippen LogP contribution in [-0.2, 0) is 11.2 Å². The molecule has 1 atom stereocenters. The minimum absolute atomic E-state index is 0.0625. The highest BCUT2D eigenvalue weighted by molar-refractivity contribution is 8.15. The molecule has 0 aromatic heterocycles. The Kier molecular flexibility index (Phi) is 5.73. The van der Waals surface area contributed by atoms with Gasteiger partial charge < -0.3 is 10.1 Å². The largest absolute Gasteiger partial charge is 0.497 e. The number of hydrogen-bond donors (Lipinski definition) is 1. The maximum Gasteiger partial charge on any atom is 0.239 e. The van der Waals surface area contributed by atoms with Gasteiger partial charge in [-0.25, -0.2) is 0 Å². The van der Waals surface area contributed by atoms with E-state index in [1.54, 1.807) is 19.4 Å². The average molecular weight is 374 g/mol. The molecule has 2 aromatic carbocycles. The first-order valence-electron chi connectivity index (χ1n) is 7.61. The summed E-state index contributed by atoms with van der Waals surface area (Å²) < 4.78 is 5.14. The zero-order valence-corrected chi connectivity index (χ0v) is 15.1. The van der Waals surface area contributed by atoms with Gasteiger partial charge in [-0.05, 0) is 30.2 Å². The van der Waals surface area contributed by atoms with Crippen molar-refractivity contribution in [1.29, 1.82) is 0 Å². The molecule has 0 radical (unpaired) electrons. The van der Waals surface area contributed by atoms with Crippen LogP contribution in [0.3, 0.4) is 0 Å². The highest BCUT2D eigenvalue weighted by Gasteiger charge is 2.30. The first-order valence-corrected chi connectivity index (χ1v) is 8.87. The van der Waals surface area contributed by atoms with Crippen LogP contribution in [0, 0.1) is 0 Å². The van der Waals surface area contributed by atoms with Gasteiger partial charge in [0.15, 0.2) is 5.17 Å². The van der Waals surface area contributed by atoms with Crippen molar-refractivity contribution in [1.82, 2.24) is 5.32 Å². The van der Waals surface area contributed by atoms with Gasteiger partial charge in [0.25, 0.3) is 0 Å². The van der Waals surface area contributed by atoms with E-state index >= 15 is 0 Å². The Bertz CT molecular complexity index is 821. The van der Waals surface area contributed by atoms with E-state index in [0.29, 0.717) is 16.6 Å². The van der Waals surface area contributed by atoms with Crippen LogP contribution in [0.2, 0.25) is 5.02 Å². The standard InChI is InChI=1S/C18H16ClN3O2S/c1-24-14-8-6-12(7-9-14)10-16-17(23)21-18(25-16)22-20-11-13-4-2-3-5-15(13)19/h2-9,11,16H,10H2,1H3,(H,21,22,23)/b20-11-/t16-/m1/s1. The molecular weight excluding hydrogens is 358 g/mol. The molecule has 7 heteroatoms. The predicted octanol–water partition coefficient (Wildman–Crippen LogP) is 3.51. The van der Waals surface area contributed by atoms with Gasteiger partial charge in [0.1, 0.15) is 5.75 Å². The van der Waals surface area contributed by atoms with Crippen LogP contribution in [0.4, 0.5) is 0 Å². The third-order valence-corrected chi connectivity index (χ3v) is 5.02. The Morgan fingerprint density at radius 3 is 2.72 bits per heavy atom. The van der Waals surface area contributed by atoms with E-state index in [1.165, 1.54) is 11.8 Å². The van der Waals surface area contributed by atoms with Gasteiger partial charge in [-0.15, -0.1) is 5.10 Å². The number of amides is 1. The lowest BCUT2D eigenvalue weighted by Crippen LogP contribution is -2.25.